The zero-order chi connectivity index (χ0) is 22.7. The summed E-state index contributed by atoms with van der Waals surface area (Å²) in [4.78, 5) is 18.8. The molecule has 3 aromatic rings. The molecular weight excluding hydrogens is 442 g/mol. The van der Waals surface area contributed by atoms with Crippen molar-refractivity contribution in [2.75, 3.05) is 45.7 Å². The Labute approximate surface area is 198 Å². The molecule has 0 radical (unpaired) electrons. The SMILES string of the molecule is CN(C)CCNCc1ccc2c(c1)OCCc1cc(C(=O)N(C)c3ccccc3Cl)sc1-2. The van der Waals surface area contributed by atoms with Crippen LogP contribution in [0.5, 0.6) is 5.75 Å². The number of carbonyl (C=O) groups excluding carboxylic acids is 1. The summed E-state index contributed by atoms with van der Waals surface area (Å²) in [5, 5.41) is 4.03. The van der Waals surface area contributed by atoms with Crippen LogP contribution in [-0.2, 0) is 13.0 Å². The fourth-order valence-electron chi connectivity index (χ4n) is 3.74. The van der Waals surface area contributed by atoms with Crippen molar-refractivity contribution >= 4 is 34.5 Å². The maximum absolute atomic E-state index is 13.2. The van der Waals surface area contributed by atoms with E-state index in [-0.39, 0.29) is 5.91 Å². The molecule has 0 fully saturated rings. The van der Waals surface area contributed by atoms with E-state index in [1.165, 1.54) is 16.9 Å². The molecule has 1 N–H and O–H groups in total. The number of benzene rings is 2. The van der Waals surface area contributed by atoms with Crippen LogP contribution >= 0.6 is 22.9 Å². The Hall–Kier alpha value is -2.38. The third-order valence-electron chi connectivity index (χ3n) is 5.52. The number of thiophene rings is 1. The summed E-state index contributed by atoms with van der Waals surface area (Å²) in [5.74, 6) is 0.830. The van der Waals surface area contributed by atoms with Gasteiger partial charge in [-0.05, 0) is 55.6 Å². The Kier molecular flexibility index (Phi) is 7.16. The van der Waals surface area contributed by atoms with E-state index in [2.05, 4.69) is 42.5 Å². The highest BCUT2D eigenvalue weighted by Crippen LogP contribution is 2.41. The molecule has 0 bridgehead atoms. The summed E-state index contributed by atoms with van der Waals surface area (Å²) in [6, 6.07) is 15.8. The standard InChI is InChI=1S/C25H28ClN3O2S/c1-28(2)12-11-27-16-17-8-9-19-22(14-17)31-13-10-18-15-23(32-24(18)19)25(30)29(3)21-7-5-4-6-20(21)26/h4-9,14-15,27H,10-13,16H2,1-3H3. The van der Waals surface area contributed by atoms with Crippen molar-refractivity contribution in [2.45, 2.75) is 13.0 Å². The topological polar surface area (TPSA) is 44.8 Å². The van der Waals surface area contributed by atoms with E-state index in [1.807, 2.05) is 24.3 Å². The molecule has 2 aromatic carbocycles. The normalized spacial score (nSPS) is 12.7. The number of rotatable bonds is 7. The second kappa shape index (κ2) is 10.0. The van der Waals surface area contributed by atoms with Gasteiger partial charge in [0, 0.05) is 43.5 Å². The van der Waals surface area contributed by atoms with Crippen LogP contribution in [0.4, 0.5) is 5.69 Å². The van der Waals surface area contributed by atoms with Crippen LogP contribution in [0, 0.1) is 0 Å². The monoisotopic (exact) mass is 469 g/mol. The predicted molar refractivity (Wildman–Crippen MR) is 133 cm³/mol. The molecule has 0 saturated heterocycles. The number of ether oxygens (including phenoxy) is 1. The van der Waals surface area contributed by atoms with Crippen LogP contribution in [0.15, 0.2) is 48.5 Å². The van der Waals surface area contributed by atoms with Gasteiger partial charge in [0.1, 0.15) is 5.75 Å². The Balaban J connectivity index is 1.56. The highest BCUT2D eigenvalue weighted by atomic mass is 35.5. The van der Waals surface area contributed by atoms with Crippen LogP contribution < -0.4 is 15.0 Å². The number of halogens is 1. The first-order chi connectivity index (χ1) is 15.4. The maximum Gasteiger partial charge on any atom is 0.268 e. The first-order valence-electron chi connectivity index (χ1n) is 10.7. The van der Waals surface area contributed by atoms with Gasteiger partial charge in [0.15, 0.2) is 0 Å². The molecule has 2 heterocycles. The Morgan fingerprint density at radius 2 is 1.97 bits per heavy atom. The molecule has 5 nitrogen and oxygen atoms in total. The zero-order valence-electron chi connectivity index (χ0n) is 18.7. The van der Waals surface area contributed by atoms with E-state index in [0.29, 0.717) is 22.2 Å². The van der Waals surface area contributed by atoms with Crippen LogP contribution in [-0.4, -0.2) is 51.6 Å². The van der Waals surface area contributed by atoms with E-state index in [1.54, 1.807) is 18.0 Å². The van der Waals surface area contributed by atoms with Crippen LogP contribution in [0.1, 0.15) is 20.8 Å². The third kappa shape index (κ3) is 4.99. The second-order valence-electron chi connectivity index (χ2n) is 8.19. The molecule has 1 aromatic heterocycles. The molecule has 32 heavy (non-hydrogen) atoms. The van der Waals surface area contributed by atoms with Gasteiger partial charge in [-0.2, -0.15) is 0 Å². The van der Waals surface area contributed by atoms with Gasteiger partial charge in [0.05, 0.1) is 22.2 Å². The lowest BCUT2D eigenvalue weighted by molar-refractivity contribution is 0.0996. The number of para-hydroxylation sites is 1. The molecule has 0 saturated carbocycles. The number of nitrogens with zero attached hydrogens (tertiary/aromatic N) is 2. The highest BCUT2D eigenvalue weighted by Gasteiger charge is 2.24. The van der Waals surface area contributed by atoms with Crippen molar-refractivity contribution in [3.05, 3.63) is 69.6 Å². The molecular formula is C25H28ClN3O2S. The molecule has 0 unspecified atom stereocenters. The number of nitrogens with one attached hydrogen (secondary N) is 1. The Morgan fingerprint density at radius 1 is 1.16 bits per heavy atom. The van der Waals surface area contributed by atoms with Gasteiger partial charge in [-0.1, -0.05) is 29.8 Å². The fraction of sp³-hybridized carbons (Fsp3) is 0.320. The lowest BCUT2D eigenvalue weighted by Gasteiger charge is -2.17. The summed E-state index contributed by atoms with van der Waals surface area (Å²) in [6.45, 7) is 3.33. The van der Waals surface area contributed by atoms with Crippen LogP contribution in [0.25, 0.3) is 10.4 Å². The molecule has 1 aliphatic rings. The van der Waals surface area contributed by atoms with E-state index in [0.717, 1.165) is 47.8 Å². The fourth-order valence-corrected chi connectivity index (χ4v) is 5.21. The minimum Gasteiger partial charge on any atom is -0.493 e. The maximum atomic E-state index is 13.2. The van der Waals surface area contributed by atoms with Gasteiger partial charge in [-0.3, -0.25) is 4.79 Å². The largest absolute Gasteiger partial charge is 0.493 e. The van der Waals surface area contributed by atoms with Gasteiger partial charge >= 0.3 is 0 Å². The molecule has 0 aliphatic carbocycles. The van der Waals surface area contributed by atoms with Crippen molar-refractivity contribution in [3.63, 3.8) is 0 Å². The smallest absolute Gasteiger partial charge is 0.268 e. The lowest BCUT2D eigenvalue weighted by atomic mass is 10.1. The number of anilines is 1. The van der Waals surface area contributed by atoms with Crippen molar-refractivity contribution in [1.29, 1.82) is 0 Å². The average Bonchev–Trinajstić information content (AvgIpc) is 3.12. The summed E-state index contributed by atoms with van der Waals surface area (Å²) in [7, 11) is 5.91. The molecule has 1 amide bonds. The van der Waals surface area contributed by atoms with Crippen molar-refractivity contribution in [1.82, 2.24) is 10.2 Å². The number of hydrogen-bond donors (Lipinski definition) is 1. The molecule has 168 valence electrons. The van der Waals surface area contributed by atoms with Gasteiger partial charge in [0.2, 0.25) is 0 Å². The predicted octanol–water partition coefficient (Wildman–Crippen LogP) is 4.93. The number of carbonyl (C=O) groups is 1. The van der Waals surface area contributed by atoms with Crippen molar-refractivity contribution in [3.8, 4) is 16.2 Å². The molecule has 7 heteroatoms. The summed E-state index contributed by atoms with van der Waals surface area (Å²) in [6.07, 6.45) is 0.778. The first kappa shape index (κ1) is 22.8. The summed E-state index contributed by atoms with van der Waals surface area (Å²) in [5.41, 5.74) is 4.11. The van der Waals surface area contributed by atoms with Gasteiger partial charge < -0.3 is 19.9 Å². The number of hydrogen-bond acceptors (Lipinski definition) is 5. The molecule has 0 spiro atoms. The number of amides is 1. The minimum atomic E-state index is -0.0552. The van der Waals surface area contributed by atoms with E-state index in [9.17, 15) is 4.79 Å². The van der Waals surface area contributed by atoms with E-state index < -0.39 is 0 Å². The zero-order valence-corrected chi connectivity index (χ0v) is 20.2. The molecule has 4 rings (SSSR count). The Morgan fingerprint density at radius 3 is 2.75 bits per heavy atom. The van der Waals surface area contributed by atoms with Crippen molar-refractivity contribution in [2.24, 2.45) is 0 Å². The number of likely N-dealkylation sites (N-methyl/N-ethyl adjacent to an activating group) is 1. The molecule has 1 aliphatic heterocycles. The van der Waals surface area contributed by atoms with Crippen LogP contribution in [0.2, 0.25) is 5.02 Å². The average molecular weight is 470 g/mol. The lowest BCUT2D eigenvalue weighted by Crippen LogP contribution is -2.26. The second-order valence-corrected chi connectivity index (χ2v) is 9.65. The van der Waals surface area contributed by atoms with Gasteiger partial charge in [0.25, 0.3) is 5.91 Å². The Bertz CT molecular complexity index is 1110. The van der Waals surface area contributed by atoms with E-state index in [4.69, 9.17) is 16.3 Å². The van der Waals surface area contributed by atoms with Gasteiger partial charge in [-0.15, -0.1) is 11.3 Å². The van der Waals surface area contributed by atoms with Crippen LogP contribution in [0.3, 0.4) is 0 Å². The van der Waals surface area contributed by atoms with Gasteiger partial charge in [-0.25, -0.2) is 0 Å². The summed E-state index contributed by atoms with van der Waals surface area (Å²) >= 11 is 7.82. The first-order valence-corrected chi connectivity index (χ1v) is 11.9. The third-order valence-corrected chi connectivity index (χ3v) is 7.04. The summed E-state index contributed by atoms with van der Waals surface area (Å²) < 4.78 is 6.07. The number of fused-ring (bicyclic) bond motifs is 3. The van der Waals surface area contributed by atoms with Crippen molar-refractivity contribution < 1.29 is 9.53 Å². The minimum absolute atomic E-state index is 0.0552. The molecule has 0 atom stereocenters. The quantitative estimate of drug-likeness (QED) is 0.498. The van der Waals surface area contributed by atoms with E-state index >= 15 is 0 Å². The highest BCUT2D eigenvalue weighted by molar-refractivity contribution is 7.17.